The molecule has 34 heavy (non-hydrogen) atoms. The van der Waals surface area contributed by atoms with E-state index in [9.17, 15) is 9.59 Å². The van der Waals surface area contributed by atoms with Crippen LogP contribution in [0.25, 0.3) is 11.7 Å². The Morgan fingerprint density at radius 2 is 1.85 bits per heavy atom. The van der Waals surface area contributed by atoms with Gasteiger partial charge in [0, 0.05) is 19.3 Å². The molecule has 2 saturated heterocycles. The molecule has 1 amide bonds. The molecule has 0 radical (unpaired) electrons. The number of amides is 1. The van der Waals surface area contributed by atoms with Gasteiger partial charge in [-0.25, -0.2) is 4.98 Å². The molecule has 1 atom stereocenters. The number of carbonyl (C=O) groups excluding carboxylic acids is 1. The fourth-order valence-corrected chi connectivity index (χ4v) is 5.62. The minimum atomic E-state index is -0.212. The van der Waals surface area contributed by atoms with Gasteiger partial charge in [-0.1, -0.05) is 60.4 Å². The second kappa shape index (κ2) is 9.32. The highest BCUT2D eigenvalue weighted by molar-refractivity contribution is 8.26. The molecule has 5 rings (SSSR count). The lowest BCUT2D eigenvalue weighted by Gasteiger charge is -2.29. The Kier molecular flexibility index (Phi) is 6.24. The van der Waals surface area contributed by atoms with E-state index >= 15 is 0 Å². The Morgan fingerprint density at radius 3 is 2.59 bits per heavy atom. The minimum Gasteiger partial charge on any atom is -0.378 e. The molecule has 7 nitrogen and oxygen atoms in total. The lowest BCUT2D eigenvalue weighted by atomic mass is 10.1. The maximum absolute atomic E-state index is 13.6. The number of aryl methyl sites for hydroxylation is 1. The van der Waals surface area contributed by atoms with Gasteiger partial charge in [0.1, 0.15) is 15.8 Å². The highest BCUT2D eigenvalue weighted by atomic mass is 32.2. The van der Waals surface area contributed by atoms with Crippen LogP contribution < -0.4 is 10.5 Å². The molecular formula is C25H24N4O3S2. The zero-order valence-electron chi connectivity index (χ0n) is 18.9. The van der Waals surface area contributed by atoms with Gasteiger partial charge in [-0.15, -0.1) is 0 Å². The molecule has 0 saturated carbocycles. The van der Waals surface area contributed by atoms with Gasteiger partial charge in [0.15, 0.2) is 0 Å². The van der Waals surface area contributed by atoms with E-state index in [0.29, 0.717) is 52.6 Å². The molecule has 0 aliphatic carbocycles. The van der Waals surface area contributed by atoms with Crippen molar-refractivity contribution in [1.82, 2.24) is 14.3 Å². The van der Waals surface area contributed by atoms with Crippen molar-refractivity contribution in [1.29, 1.82) is 0 Å². The van der Waals surface area contributed by atoms with E-state index < -0.39 is 0 Å². The standard InChI is InChI=1S/C25H24N4O3S2/c1-16-8-9-21-26-22(27-10-12-32-13-11-27)19(23(30)28(21)15-16)14-20-24(31)29(25(33)34-20)17(2)18-6-4-3-5-7-18/h3-9,14-15,17H,10-13H2,1-2H3/b20-14+. The average Bonchev–Trinajstić information content (AvgIpc) is 3.14. The fourth-order valence-electron chi connectivity index (χ4n) is 4.21. The van der Waals surface area contributed by atoms with Crippen LogP contribution in [0.2, 0.25) is 0 Å². The van der Waals surface area contributed by atoms with Crippen LogP contribution in [0.5, 0.6) is 0 Å². The lowest BCUT2D eigenvalue weighted by Crippen LogP contribution is -2.38. The summed E-state index contributed by atoms with van der Waals surface area (Å²) >= 11 is 6.80. The lowest BCUT2D eigenvalue weighted by molar-refractivity contribution is -0.123. The molecule has 1 aromatic carbocycles. The van der Waals surface area contributed by atoms with Crippen molar-refractivity contribution in [3.05, 3.63) is 80.6 Å². The molecule has 3 aromatic rings. The number of benzene rings is 1. The third kappa shape index (κ3) is 4.15. The van der Waals surface area contributed by atoms with Crippen LogP contribution in [0.15, 0.2) is 58.4 Å². The number of rotatable bonds is 4. The molecule has 9 heteroatoms. The quantitative estimate of drug-likeness (QED) is 0.405. The van der Waals surface area contributed by atoms with Gasteiger partial charge in [-0.3, -0.25) is 18.9 Å². The zero-order chi connectivity index (χ0) is 23.8. The minimum absolute atomic E-state index is 0.201. The summed E-state index contributed by atoms with van der Waals surface area (Å²) in [5.74, 6) is 0.367. The Labute approximate surface area is 207 Å². The number of thiocarbonyl (C=S) groups is 1. The van der Waals surface area contributed by atoms with Crippen LogP contribution in [-0.4, -0.2) is 50.8 Å². The maximum Gasteiger partial charge on any atom is 0.267 e. The van der Waals surface area contributed by atoms with Crippen LogP contribution in [-0.2, 0) is 9.53 Å². The number of nitrogens with zero attached hydrogens (tertiary/aromatic N) is 4. The molecule has 2 fully saturated rings. The Bertz CT molecular complexity index is 1360. The van der Waals surface area contributed by atoms with E-state index in [-0.39, 0.29) is 17.5 Å². The molecule has 0 spiro atoms. The van der Waals surface area contributed by atoms with E-state index in [1.807, 2.05) is 61.2 Å². The third-order valence-corrected chi connectivity index (χ3v) is 7.39. The van der Waals surface area contributed by atoms with Crippen LogP contribution in [0.1, 0.15) is 29.7 Å². The number of carbonyl (C=O) groups is 1. The summed E-state index contributed by atoms with van der Waals surface area (Å²) in [6.45, 7) is 6.26. The number of anilines is 1. The van der Waals surface area contributed by atoms with Gasteiger partial charge in [0.25, 0.3) is 11.5 Å². The number of hydrogen-bond acceptors (Lipinski definition) is 7. The first-order valence-electron chi connectivity index (χ1n) is 11.1. The zero-order valence-corrected chi connectivity index (χ0v) is 20.6. The number of pyridine rings is 1. The smallest absolute Gasteiger partial charge is 0.267 e. The maximum atomic E-state index is 13.6. The first kappa shape index (κ1) is 22.8. The second-order valence-electron chi connectivity index (χ2n) is 8.33. The van der Waals surface area contributed by atoms with Gasteiger partial charge in [0.05, 0.1) is 29.7 Å². The van der Waals surface area contributed by atoms with Gasteiger partial charge < -0.3 is 9.64 Å². The first-order valence-corrected chi connectivity index (χ1v) is 12.3. The van der Waals surface area contributed by atoms with Crippen molar-refractivity contribution >= 4 is 51.7 Å². The van der Waals surface area contributed by atoms with Crippen LogP contribution >= 0.6 is 24.0 Å². The monoisotopic (exact) mass is 492 g/mol. The summed E-state index contributed by atoms with van der Waals surface area (Å²) in [4.78, 5) is 35.9. The van der Waals surface area contributed by atoms with Crippen molar-refractivity contribution in [2.24, 2.45) is 0 Å². The Balaban J connectivity index is 1.60. The molecule has 4 heterocycles. The molecule has 2 aliphatic heterocycles. The summed E-state index contributed by atoms with van der Waals surface area (Å²) in [7, 11) is 0. The van der Waals surface area contributed by atoms with E-state index in [2.05, 4.69) is 0 Å². The predicted octanol–water partition coefficient (Wildman–Crippen LogP) is 3.80. The van der Waals surface area contributed by atoms with Crippen molar-refractivity contribution in [2.75, 3.05) is 31.2 Å². The van der Waals surface area contributed by atoms with Crippen molar-refractivity contribution < 1.29 is 9.53 Å². The number of morpholine rings is 1. The average molecular weight is 493 g/mol. The summed E-state index contributed by atoms with van der Waals surface area (Å²) in [6, 6.07) is 13.3. The van der Waals surface area contributed by atoms with Gasteiger partial charge in [-0.05, 0) is 37.1 Å². The number of hydrogen-bond donors (Lipinski definition) is 0. The third-order valence-electron chi connectivity index (χ3n) is 6.06. The summed E-state index contributed by atoms with van der Waals surface area (Å²) in [5, 5.41) is 0. The molecule has 2 aliphatic rings. The van der Waals surface area contributed by atoms with Gasteiger partial charge >= 0.3 is 0 Å². The van der Waals surface area contributed by atoms with Crippen LogP contribution in [0.4, 0.5) is 5.82 Å². The van der Waals surface area contributed by atoms with Crippen LogP contribution in [0.3, 0.4) is 0 Å². The molecule has 0 bridgehead atoms. The number of aromatic nitrogens is 2. The number of thioether (sulfide) groups is 1. The summed E-state index contributed by atoms with van der Waals surface area (Å²) < 4.78 is 7.51. The van der Waals surface area contributed by atoms with E-state index in [1.54, 1.807) is 21.6 Å². The molecular weight excluding hydrogens is 468 g/mol. The van der Waals surface area contributed by atoms with Crippen molar-refractivity contribution in [2.45, 2.75) is 19.9 Å². The molecule has 2 aromatic heterocycles. The number of fused-ring (bicyclic) bond motifs is 1. The second-order valence-corrected chi connectivity index (χ2v) is 10.0. The fraction of sp³-hybridized carbons (Fsp3) is 0.280. The van der Waals surface area contributed by atoms with Crippen LogP contribution in [0, 0.1) is 6.92 Å². The SMILES string of the molecule is Cc1ccc2nc(N3CCOCC3)c(/C=C3/SC(=S)N(C(C)c4ccccc4)C3=O)c(=O)n2c1. The summed E-state index contributed by atoms with van der Waals surface area (Å²) in [5.41, 5.74) is 2.69. The normalized spacial score (nSPS) is 18.8. The van der Waals surface area contributed by atoms with E-state index in [1.165, 1.54) is 11.8 Å². The molecule has 174 valence electrons. The largest absolute Gasteiger partial charge is 0.378 e. The highest BCUT2D eigenvalue weighted by Gasteiger charge is 2.36. The topological polar surface area (TPSA) is 67.2 Å². The Morgan fingerprint density at radius 1 is 1.12 bits per heavy atom. The van der Waals surface area contributed by atoms with E-state index in [0.717, 1.165) is 11.1 Å². The summed E-state index contributed by atoms with van der Waals surface area (Å²) in [6.07, 6.45) is 3.43. The molecule has 0 N–H and O–H groups in total. The number of ether oxygens (including phenoxy) is 1. The van der Waals surface area contributed by atoms with E-state index in [4.69, 9.17) is 21.9 Å². The van der Waals surface area contributed by atoms with Gasteiger partial charge in [-0.2, -0.15) is 0 Å². The highest BCUT2D eigenvalue weighted by Crippen LogP contribution is 2.38. The van der Waals surface area contributed by atoms with Crippen molar-refractivity contribution in [3.8, 4) is 0 Å². The predicted molar refractivity (Wildman–Crippen MR) is 139 cm³/mol. The van der Waals surface area contributed by atoms with Crippen molar-refractivity contribution in [3.63, 3.8) is 0 Å². The molecule has 1 unspecified atom stereocenters. The Hall–Kier alpha value is -3.01. The van der Waals surface area contributed by atoms with Gasteiger partial charge in [0.2, 0.25) is 0 Å². The first-order chi connectivity index (χ1) is 16.4.